The molecule has 1 aromatic rings. The number of aromatic nitrogens is 1. The molecule has 5 heteroatoms. The topological polar surface area (TPSA) is 65.5 Å². The summed E-state index contributed by atoms with van der Waals surface area (Å²) in [5.41, 5.74) is 0.293. The molecule has 0 fully saturated rings. The number of rotatable bonds is 3. The Morgan fingerprint density at radius 1 is 1.21 bits per heavy atom. The second kappa shape index (κ2) is 5.82. The average molecular weight is 265 g/mol. The van der Waals surface area contributed by atoms with Crippen molar-refractivity contribution >= 4 is 11.9 Å². The summed E-state index contributed by atoms with van der Waals surface area (Å²) in [6.45, 7) is 9.03. The normalized spacial score (nSPS) is 11.0. The first-order valence-electron chi connectivity index (χ1n) is 6.12. The lowest BCUT2D eigenvalue weighted by atomic mass is 10.1. The van der Waals surface area contributed by atoms with E-state index in [-0.39, 0.29) is 18.0 Å². The Labute approximate surface area is 112 Å². The summed E-state index contributed by atoms with van der Waals surface area (Å²) >= 11 is 0. The van der Waals surface area contributed by atoms with Crippen molar-refractivity contribution in [2.75, 3.05) is 6.61 Å². The molecule has 0 unspecified atom stereocenters. The highest BCUT2D eigenvalue weighted by atomic mass is 16.6. The number of hydrogen-bond acceptors (Lipinski definition) is 5. The van der Waals surface area contributed by atoms with Gasteiger partial charge in [-0.05, 0) is 46.2 Å². The van der Waals surface area contributed by atoms with E-state index in [1.807, 2.05) is 0 Å². The summed E-state index contributed by atoms with van der Waals surface area (Å²) in [6.07, 6.45) is 0. The molecular formula is C14H19NO4. The minimum Gasteiger partial charge on any atom is -0.461 e. The van der Waals surface area contributed by atoms with E-state index in [0.29, 0.717) is 5.56 Å². The maximum absolute atomic E-state index is 12.0. The lowest BCUT2D eigenvalue weighted by Gasteiger charge is -2.19. The van der Waals surface area contributed by atoms with E-state index in [4.69, 9.17) is 9.47 Å². The molecule has 1 heterocycles. The smallest absolute Gasteiger partial charge is 0.357 e. The maximum atomic E-state index is 12.0. The number of hydrogen-bond donors (Lipinski definition) is 0. The van der Waals surface area contributed by atoms with Crippen LogP contribution in [0.25, 0.3) is 0 Å². The molecule has 0 aliphatic heterocycles. The van der Waals surface area contributed by atoms with Crippen molar-refractivity contribution in [2.45, 2.75) is 40.2 Å². The fourth-order valence-corrected chi connectivity index (χ4v) is 1.38. The number of pyridine rings is 1. The number of esters is 2. The lowest BCUT2D eigenvalue weighted by molar-refractivity contribution is 0.00618. The fourth-order valence-electron chi connectivity index (χ4n) is 1.38. The molecule has 0 radical (unpaired) electrons. The van der Waals surface area contributed by atoms with Gasteiger partial charge in [0.15, 0.2) is 5.69 Å². The van der Waals surface area contributed by atoms with Crippen LogP contribution in [-0.4, -0.2) is 29.1 Å². The standard InChI is InChI=1S/C14H19NO4/c1-6-18-12(16)10-8-7-9(2)11(15-10)13(17)19-14(3,4)5/h7-8H,6H2,1-5H3. The van der Waals surface area contributed by atoms with Crippen molar-refractivity contribution in [2.24, 2.45) is 0 Å². The summed E-state index contributed by atoms with van der Waals surface area (Å²) < 4.78 is 10.1. The molecule has 0 amide bonds. The summed E-state index contributed by atoms with van der Waals surface area (Å²) in [7, 11) is 0. The highest BCUT2D eigenvalue weighted by molar-refractivity contribution is 5.92. The highest BCUT2D eigenvalue weighted by Crippen LogP contribution is 2.14. The van der Waals surface area contributed by atoms with Gasteiger partial charge in [0.05, 0.1) is 6.61 Å². The highest BCUT2D eigenvalue weighted by Gasteiger charge is 2.22. The molecule has 0 spiro atoms. The van der Waals surface area contributed by atoms with Crippen molar-refractivity contribution in [1.82, 2.24) is 4.98 Å². The molecule has 0 aliphatic carbocycles. The summed E-state index contributed by atoms with van der Waals surface area (Å²) in [5, 5.41) is 0. The number of carbonyl (C=O) groups excluding carboxylic acids is 2. The Morgan fingerprint density at radius 2 is 1.84 bits per heavy atom. The van der Waals surface area contributed by atoms with Gasteiger partial charge in [0.2, 0.25) is 0 Å². The van der Waals surface area contributed by atoms with Gasteiger partial charge < -0.3 is 9.47 Å². The van der Waals surface area contributed by atoms with E-state index in [2.05, 4.69) is 4.98 Å². The van der Waals surface area contributed by atoms with Crippen molar-refractivity contribution < 1.29 is 19.1 Å². The lowest BCUT2D eigenvalue weighted by Crippen LogP contribution is -2.25. The van der Waals surface area contributed by atoms with Gasteiger partial charge in [0.25, 0.3) is 0 Å². The van der Waals surface area contributed by atoms with Crippen LogP contribution in [0.1, 0.15) is 54.2 Å². The van der Waals surface area contributed by atoms with Gasteiger partial charge in [-0.1, -0.05) is 6.07 Å². The zero-order valence-corrected chi connectivity index (χ0v) is 11.9. The molecule has 0 bridgehead atoms. The van der Waals surface area contributed by atoms with Gasteiger partial charge in [-0.3, -0.25) is 0 Å². The van der Waals surface area contributed by atoms with Gasteiger partial charge in [-0.25, -0.2) is 14.6 Å². The van der Waals surface area contributed by atoms with Crippen molar-refractivity contribution in [3.05, 3.63) is 29.1 Å². The minimum absolute atomic E-state index is 0.105. The number of nitrogens with zero attached hydrogens (tertiary/aromatic N) is 1. The molecular weight excluding hydrogens is 246 g/mol. The van der Waals surface area contributed by atoms with Gasteiger partial charge >= 0.3 is 11.9 Å². The third-order valence-electron chi connectivity index (χ3n) is 2.17. The Bertz CT molecular complexity index is 489. The zero-order chi connectivity index (χ0) is 14.6. The SMILES string of the molecule is CCOC(=O)c1ccc(C)c(C(=O)OC(C)(C)C)n1. The van der Waals surface area contributed by atoms with Crippen LogP contribution < -0.4 is 0 Å². The molecule has 0 N–H and O–H groups in total. The van der Waals surface area contributed by atoms with Crippen LogP contribution in [0.4, 0.5) is 0 Å². The molecule has 0 aliphatic rings. The second-order valence-electron chi connectivity index (χ2n) is 5.08. The van der Waals surface area contributed by atoms with Crippen LogP contribution in [0.5, 0.6) is 0 Å². The molecule has 19 heavy (non-hydrogen) atoms. The molecule has 1 aromatic heterocycles. The van der Waals surface area contributed by atoms with Gasteiger partial charge in [0.1, 0.15) is 11.3 Å². The second-order valence-corrected chi connectivity index (χ2v) is 5.08. The average Bonchev–Trinajstić information content (AvgIpc) is 2.27. The summed E-state index contributed by atoms with van der Waals surface area (Å²) in [6, 6.07) is 3.18. The van der Waals surface area contributed by atoms with Crippen LogP contribution in [0.2, 0.25) is 0 Å². The minimum atomic E-state index is -0.606. The first-order valence-corrected chi connectivity index (χ1v) is 6.12. The Morgan fingerprint density at radius 3 is 2.37 bits per heavy atom. The van der Waals surface area contributed by atoms with E-state index < -0.39 is 17.5 Å². The van der Waals surface area contributed by atoms with Crippen molar-refractivity contribution in [3.8, 4) is 0 Å². The third-order valence-corrected chi connectivity index (χ3v) is 2.17. The number of carbonyl (C=O) groups is 2. The van der Waals surface area contributed by atoms with E-state index >= 15 is 0 Å². The Hall–Kier alpha value is -1.91. The Kier molecular flexibility index (Phi) is 4.64. The van der Waals surface area contributed by atoms with Gasteiger partial charge in [-0.15, -0.1) is 0 Å². The van der Waals surface area contributed by atoms with E-state index in [1.165, 1.54) is 6.07 Å². The quantitative estimate of drug-likeness (QED) is 0.786. The first kappa shape index (κ1) is 15.1. The van der Waals surface area contributed by atoms with Crippen LogP contribution in [0, 0.1) is 6.92 Å². The summed E-state index contributed by atoms with van der Waals surface area (Å²) in [4.78, 5) is 27.6. The van der Waals surface area contributed by atoms with Crippen molar-refractivity contribution in [3.63, 3.8) is 0 Å². The van der Waals surface area contributed by atoms with Crippen LogP contribution >= 0.6 is 0 Å². The van der Waals surface area contributed by atoms with Crippen molar-refractivity contribution in [1.29, 1.82) is 0 Å². The molecule has 104 valence electrons. The molecule has 5 nitrogen and oxygen atoms in total. The molecule has 1 rings (SSSR count). The molecule has 0 saturated heterocycles. The van der Waals surface area contributed by atoms with E-state index in [1.54, 1.807) is 40.7 Å². The Balaban J connectivity index is 3.04. The predicted molar refractivity (Wildman–Crippen MR) is 70.1 cm³/mol. The van der Waals surface area contributed by atoms with E-state index in [0.717, 1.165) is 0 Å². The molecule has 0 saturated carbocycles. The molecule has 0 atom stereocenters. The van der Waals surface area contributed by atoms with Gasteiger partial charge in [-0.2, -0.15) is 0 Å². The fraction of sp³-hybridized carbons (Fsp3) is 0.500. The van der Waals surface area contributed by atoms with Crippen LogP contribution in [0.3, 0.4) is 0 Å². The first-order chi connectivity index (χ1) is 8.74. The van der Waals surface area contributed by atoms with Crippen LogP contribution in [0.15, 0.2) is 12.1 Å². The zero-order valence-electron chi connectivity index (χ0n) is 11.9. The van der Waals surface area contributed by atoms with Crippen LogP contribution in [-0.2, 0) is 9.47 Å². The number of ether oxygens (including phenoxy) is 2. The predicted octanol–water partition coefficient (Wildman–Crippen LogP) is 2.52. The third kappa shape index (κ3) is 4.35. The summed E-state index contributed by atoms with van der Waals surface area (Å²) in [5.74, 6) is -1.09. The van der Waals surface area contributed by atoms with Gasteiger partial charge in [0, 0.05) is 0 Å². The monoisotopic (exact) mass is 265 g/mol. The molecule has 0 aromatic carbocycles. The largest absolute Gasteiger partial charge is 0.461 e. The maximum Gasteiger partial charge on any atom is 0.357 e. The number of aryl methyl sites for hydroxylation is 1. The van der Waals surface area contributed by atoms with E-state index in [9.17, 15) is 9.59 Å².